The lowest BCUT2D eigenvalue weighted by Crippen LogP contribution is -1.93. The van der Waals surface area contributed by atoms with Gasteiger partial charge in [-0.3, -0.25) is 0 Å². The Balaban J connectivity index is 2.25. The second-order valence-electron chi connectivity index (χ2n) is 2.98. The fourth-order valence-electron chi connectivity index (χ4n) is 1.10. The summed E-state index contributed by atoms with van der Waals surface area (Å²) in [5, 5.41) is 7.31. The molecule has 72 valence electrons. The van der Waals surface area contributed by atoms with Crippen molar-refractivity contribution in [2.24, 2.45) is 0 Å². The Morgan fingerprint density at radius 1 is 1.50 bits per heavy atom. The number of nitrogens with one attached hydrogen (secondary N) is 1. The minimum Gasteiger partial charge on any atom is -0.339 e. The molecule has 0 saturated heterocycles. The fraction of sp³-hybridized carbons (Fsp3) is 0.100. The molecule has 2 heterocycles. The van der Waals surface area contributed by atoms with E-state index in [2.05, 4.69) is 26.2 Å². The smallest absolute Gasteiger partial charge is 0.144 e. The molecule has 0 aromatic carbocycles. The molecule has 2 nitrogen and oxygen atoms in total. The minimum absolute atomic E-state index is 0.856. The highest BCUT2D eigenvalue weighted by molar-refractivity contribution is 9.10. The number of aryl methyl sites for hydroxylation is 1. The molecule has 0 aliphatic carbocycles. The van der Waals surface area contributed by atoms with Crippen LogP contribution in [0.5, 0.6) is 0 Å². The van der Waals surface area contributed by atoms with Crippen molar-refractivity contribution in [3.63, 3.8) is 0 Å². The van der Waals surface area contributed by atoms with Crippen molar-refractivity contribution >= 4 is 38.8 Å². The monoisotopic (exact) mass is 268 g/mol. The van der Waals surface area contributed by atoms with Crippen LogP contribution in [0.15, 0.2) is 33.6 Å². The second kappa shape index (κ2) is 4.11. The number of rotatable bonds is 2. The first-order valence-corrected chi connectivity index (χ1v) is 5.90. The molecular weight excluding hydrogens is 260 g/mol. The van der Waals surface area contributed by atoms with Crippen LogP contribution in [0.1, 0.15) is 5.56 Å². The third-order valence-corrected chi connectivity index (χ3v) is 3.05. The fourth-order valence-corrected chi connectivity index (χ4v) is 2.25. The van der Waals surface area contributed by atoms with Gasteiger partial charge in [-0.15, -0.1) is 0 Å². The van der Waals surface area contributed by atoms with Gasteiger partial charge in [-0.2, -0.15) is 11.3 Å². The maximum Gasteiger partial charge on any atom is 0.144 e. The van der Waals surface area contributed by atoms with Gasteiger partial charge in [-0.25, -0.2) is 4.98 Å². The van der Waals surface area contributed by atoms with Gasteiger partial charge in [0, 0.05) is 11.6 Å². The van der Waals surface area contributed by atoms with Crippen molar-refractivity contribution in [1.82, 2.24) is 4.98 Å². The van der Waals surface area contributed by atoms with E-state index in [1.165, 1.54) is 0 Å². The van der Waals surface area contributed by atoms with Crippen molar-refractivity contribution in [1.29, 1.82) is 0 Å². The van der Waals surface area contributed by atoms with Crippen molar-refractivity contribution in [2.75, 3.05) is 5.32 Å². The highest BCUT2D eigenvalue weighted by Crippen LogP contribution is 2.25. The summed E-state index contributed by atoms with van der Waals surface area (Å²) < 4.78 is 0.990. The molecule has 0 radical (unpaired) electrons. The first-order chi connectivity index (χ1) is 6.75. The van der Waals surface area contributed by atoms with E-state index < -0.39 is 0 Å². The van der Waals surface area contributed by atoms with Crippen LogP contribution in [0.25, 0.3) is 0 Å². The van der Waals surface area contributed by atoms with Gasteiger partial charge in [0.15, 0.2) is 0 Å². The Bertz CT molecular complexity index is 426. The number of hydrogen-bond donors (Lipinski definition) is 1. The maximum absolute atomic E-state index is 4.30. The quantitative estimate of drug-likeness (QED) is 0.892. The number of nitrogens with zero attached hydrogens (tertiary/aromatic N) is 1. The highest BCUT2D eigenvalue weighted by Gasteiger charge is 2.01. The summed E-state index contributed by atoms with van der Waals surface area (Å²) in [5.74, 6) is 0.856. The molecule has 0 aliphatic rings. The molecule has 0 spiro atoms. The van der Waals surface area contributed by atoms with E-state index in [1.807, 2.05) is 36.0 Å². The van der Waals surface area contributed by atoms with E-state index in [0.717, 1.165) is 21.5 Å². The Kier molecular flexibility index (Phi) is 2.84. The molecule has 0 amide bonds. The molecule has 2 aromatic rings. The lowest BCUT2D eigenvalue weighted by molar-refractivity contribution is 1.24. The Hall–Kier alpha value is -0.870. The normalized spacial score (nSPS) is 10.1. The molecule has 2 aromatic heterocycles. The number of halogens is 1. The van der Waals surface area contributed by atoms with Gasteiger partial charge in [0.25, 0.3) is 0 Å². The van der Waals surface area contributed by atoms with Gasteiger partial charge in [0.05, 0.1) is 10.2 Å². The number of thiophene rings is 1. The Morgan fingerprint density at radius 3 is 3.00 bits per heavy atom. The Morgan fingerprint density at radius 2 is 2.36 bits per heavy atom. The summed E-state index contributed by atoms with van der Waals surface area (Å²) in [7, 11) is 0. The van der Waals surface area contributed by atoms with Crippen LogP contribution in [0.2, 0.25) is 0 Å². The topological polar surface area (TPSA) is 24.9 Å². The van der Waals surface area contributed by atoms with Crippen LogP contribution in [-0.4, -0.2) is 4.98 Å². The first kappa shape index (κ1) is 9.68. The van der Waals surface area contributed by atoms with Gasteiger partial charge < -0.3 is 5.32 Å². The van der Waals surface area contributed by atoms with Gasteiger partial charge in [-0.1, -0.05) is 0 Å². The van der Waals surface area contributed by atoms with Gasteiger partial charge in [0.1, 0.15) is 5.82 Å². The zero-order valence-electron chi connectivity index (χ0n) is 7.62. The second-order valence-corrected chi connectivity index (χ2v) is 4.61. The summed E-state index contributed by atoms with van der Waals surface area (Å²) in [4.78, 5) is 4.30. The van der Waals surface area contributed by atoms with Gasteiger partial charge in [0.2, 0.25) is 0 Å². The molecule has 0 saturated carbocycles. The predicted octanol–water partition coefficient (Wildman–Crippen LogP) is 3.96. The van der Waals surface area contributed by atoms with Crippen LogP contribution in [0, 0.1) is 6.92 Å². The third kappa shape index (κ3) is 2.13. The maximum atomic E-state index is 4.30. The Labute approximate surface area is 95.1 Å². The number of hydrogen-bond acceptors (Lipinski definition) is 3. The van der Waals surface area contributed by atoms with Gasteiger partial charge >= 0.3 is 0 Å². The van der Waals surface area contributed by atoms with Crippen LogP contribution < -0.4 is 5.32 Å². The molecule has 0 bridgehead atoms. The van der Waals surface area contributed by atoms with Crippen LogP contribution in [-0.2, 0) is 0 Å². The summed E-state index contributed by atoms with van der Waals surface area (Å²) >= 11 is 5.13. The molecule has 0 fully saturated rings. The molecule has 14 heavy (non-hydrogen) atoms. The van der Waals surface area contributed by atoms with Crippen molar-refractivity contribution < 1.29 is 0 Å². The van der Waals surface area contributed by atoms with Gasteiger partial charge in [-0.05, 0) is 45.9 Å². The molecule has 0 unspecified atom stereocenters. The molecule has 0 atom stereocenters. The zero-order chi connectivity index (χ0) is 9.97. The summed E-state index contributed by atoms with van der Waals surface area (Å²) in [6, 6.07) is 4.07. The van der Waals surface area contributed by atoms with Crippen LogP contribution >= 0.6 is 27.3 Å². The first-order valence-electron chi connectivity index (χ1n) is 4.17. The predicted molar refractivity (Wildman–Crippen MR) is 64.3 cm³/mol. The van der Waals surface area contributed by atoms with Crippen LogP contribution in [0.4, 0.5) is 11.5 Å². The standard InChI is InChI=1S/C10H9BrN2S/c1-7-4-9(11)10(12-5-7)13-8-2-3-14-6-8/h2-6H,1H3,(H,12,13). The van der Waals surface area contributed by atoms with Crippen molar-refractivity contribution in [3.8, 4) is 0 Å². The van der Waals surface area contributed by atoms with E-state index in [1.54, 1.807) is 11.3 Å². The largest absolute Gasteiger partial charge is 0.339 e. The average molecular weight is 269 g/mol. The third-order valence-electron chi connectivity index (χ3n) is 1.76. The molecular formula is C10H9BrN2S. The number of anilines is 2. The van der Waals surface area contributed by atoms with Crippen molar-refractivity contribution in [3.05, 3.63) is 39.1 Å². The minimum atomic E-state index is 0.856. The summed E-state index contributed by atoms with van der Waals surface area (Å²) in [6.07, 6.45) is 1.85. The lowest BCUT2D eigenvalue weighted by Gasteiger charge is -2.05. The molecule has 4 heteroatoms. The molecule has 0 aliphatic heterocycles. The molecule has 1 N–H and O–H groups in total. The van der Waals surface area contributed by atoms with E-state index in [0.29, 0.717) is 0 Å². The van der Waals surface area contributed by atoms with Crippen molar-refractivity contribution in [2.45, 2.75) is 6.92 Å². The summed E-state index contributed by atoms with van der Waals surface area (Å²) in [5.41, 5.74) is 2.22. The number of aromatic nitrogens is 1. The van der Waals surface area contributed by atoms with E-state index in [-0.39, 0.29) is 0 Å². The SMILES string of the molecule is Cc1cnc(Nc2ccsc2)c(Br)c1. The number of pyridine rings is 1. The van der Waals surface area contributed by atoms with E-state index in [9.17, 15) is 0 Å². The van der Waals surface area contributed by atoms with E-state index in [4.69, 9.17) is 0 Å². The van der Waals surface area contributed by atoms with Crippen LogP contribution in [0.3, 0.4) is 0 Å². The van der Waals surface area contributed by atoms with E-state index >= 15 is 0 Å². The zero-order valence-corrected chi connectivity index (χ0v) is 10.0. The average Bonchev–Trinajstić information content (AvgIpc) is 2.62. The highest BCUT2D eigenvalue weighted by atomic mass is 79.9. The lowest BCUT2D eigenvalue weighted by atomic mass is 10.3. The summed E-state index contributed by atoms with van der Waals surface area (Å²) in [6.45, 7) is 2.02. The molecule has 2 rings (SSSR count).